The highest BCUT2D eigenvalue weighted by atomic mass is 16.5. The summed E-state index contributed by atoms with van der Waals surface area (Å²) in [5.41, 5.74) is 1.05. The fraction of sp³-hybridized carbons (Fsp3) is 0.389. The van der Waals surface area contributed by atoms with Crippen LogP contribution in [0.15, 0.2) is 46.9 Å². The minimum Gasteiger partial charge on any atom is -0.461 e. The van der Waals surface area contributed by atoms with Crippen LogP contribution >= 0.6 is 0 Å². The molecule has 0 bridgehead atoms. The zero-order valence-electron chi connectivity index (χ0n) is 12.6. The van der Waals surface area contributed by atoms with Crippen LogP contribution in [0.5, 0.6) is 0 Å². The smallest absolute Gasteiger partial charge is 0.220 e. The first-order chi connectivity index (χ1) is 10.8. The monoisotopic (exact) mass is 299 g/mol. The molecule has 1 aromatic carbocycles. The van der Waals surface area contributed by atoms with Gasteiger partial charge in [-0.05, 0) is 25.0 Å². The maximum atomic E-state index is 11.8. The van der Waals surface area contributed by atoms with Crippen LogP contribution in [0.2, 0.25) is 0 Å². The van der Waals surface area contributed by atoms with Crippen LogP contribution in [-0.2, 0) is 16.0 Å². The largest absolute Gasteiger partial charge is 0.461 e. The van der Waals surface area contributed by atoms with Gasteiger partial charge in [-0.15, -0.1) is 0 Å². The Hall–Kier alpha value is -2.07. The fourth-order valence-corrected chi connectivity index (χ4v) is 2.63. The summed E-state index contributed by atoms with van der Waals surface area (Å²) in [5.74, 6) is 1.73. The summed E-state index contributed by atoms with van der Waals surface area (Å²) < 4.78 is 11.3. The molecule has 1 saturated heterocycles. The molecule has 2 aromatic rings. The zero-order valence-corrected chi connectivity index (χ0v) is 12.6. The van der Waals surface area contributed by atoms with Gasteiger partial charge in [-0.25, -0.2) is 0 Å². The average Bonchev–Trinajstić information content (AvgIpc) is 3.23. The zero-order chi connectivity index (χ0) is 15.2. The van der Waals surface area contributed by atoms with Crippen LogP contribution in [0.3, 0.4) is 0 Å². The van der Waals surface area contributed by atoms with Gasteiger partial charge in [0.25, 0.3) is 0 Å². The number of nitrogens with one attached hydrogen (secondary N) is 1. The quantitative estimate of drug-likeness (QED) is 0.891. The summed E-state index contributed by atoms with van der Waals surface area (Å²) in [6.07, 6.45) is 3.38. The van der Waals surface area contributed by atoms with Crippen molar-refractivity contribution in [2.24, 2.45) is 0 Å². The lowest BCUT2D eigenvalue weighted by Crippen LogP contribution is -2.31. The van der Waals surface area contributed by atoms with E-state index in [1.165, 1.54) is 0 Å². The summed E-state index contributed by atoms with van der Waals surface area (Å²) in [5, 5.41) is 2.93. The predicted molar refractivity (Wildman–Crippen MR) is 84.4 cm³/mol. The van der Waals surface area contributed by atoms with Crippen LogP contribution in [0.1, 0.15) is 25.0 Å². The molecular formula is C18H21NO3. The second kappa shape index (κ2) is 7.27. The van der Waals surface area contributed by atoms with Crippen LogP contribution in [0.25, 0.3) is 11.3 Å². The molecule has 1 N–H and O–H groups in total. The number of rotatable bonds is 6. The minimum atomic E-state index is 0.0492. The first kappa shape index (κ1) is 14.9. The maximum absolute atomic E-state index is 11.8. The molecule has 2 heterocycles. The van der Waals surface area contributed by atoms with Crippen molar-refractivity contribution in [2.45, 2.75) is 31.8 Å². The number of ether oxygens (including phenoxy) is 1. The molecule has 1 aromatic heterocycles. The van der Waals surface area contributed by atoms with Crippen LogP contribution < -0.4 is 5.32 Å². The highest BCUT2D eigenvalue weighted by Gasteiger charge is 2.16. The van der Waals surface area contributed by atoms with Crippen molar-refractivity contribution in [3.05, 3.63) is 48.2 Å². The van der Waals surface area contributed by atoms with Gasteiger partial charge in [0.1, 0.15) is 11.5 Å². The second-order valence-corrected chi connectivity index (χ2v) is 5.57. The van der Waals surface area contributed by atoms with Crippen molar-refractivity contribution in [1.82, 2.24) is 5.32 Å². The van der Waals surface area contributed by atoms with Crippen molar-refractivity contribution in [3.8, 4) is 11.3 Å². The number of furan rings is 1. The predicted octanol–water partition coefficient (Wildman–Crippen LogP) is 3.17. The Bertz CT molecular complexity index is 600. The molecule has 1 atom stereocenters. The van der Waals surface area contributed by atoms with Crippen molar-refractivity contribution >= 4 is 5.91 Å². The van der Waals surface area contributed by atoms with Gasteiger partial charge in [0.15, 0.2) is 0 Å². The average molecular weight is 299 g/mol. The molecule has 0 unspecified atom stereocenters. The Morgan fingerprint density at radius 3 is 2.82 bits per heavy atom. The molecule has 0 aliphatic carbocycles. The molecule has 0 saturated carbocycles. The molecule has 1 aliphatic rings. The second-order valence-electron chi connectivity index (χ2n) is 5.57. The number of benzene rings is 1. The van der Waals surface area contributed by atoms with Gasteiger partial charge >= 0.3 is 0 Å². The number of carbonyl (C=O) groups excluding carboxylic acids is 1. The topological polar surface area (TPSA) is 51.5 Å². The van der Waals surface area contributed by atoms with E-state index >= 15 is 0 Å². The van der Waals surface area contributed by atoms with E-state index in [2.05, 4.69) is 5.32 Å². The molecule has 1 aliphatic heterocycles. The van der Waals surface area contributed by atoms with E-state index in [1.54, 1.807) is 0 Å². The summed E-state index contributed by atoms with van der Waals surface area (Å²) in [6, 6.07) is 13.9. The minimum absolute atomic E-state index is 0.0492. The summed E-state index contributed by atoms with van der Waals surface area (Å²) >= 11 is 0. The van der Waals surface area contributed by atoms with Crippen LogP contribution in [-0.4, -0.2) is 25.2 Å². The van der Waals surface area contributed by atoms with Gasteiger partial charge in [0.05, 0.1) is 6.10 Å². The highest BCUT2D eigenvalue weighted by Crippen LogP contribution is 2.22. The van der Waals surface area contributed by atoms with E-state index in [-0.39, 0.29) is 12.0 Å². The van der Waals surface area contributed by atoms with Crippen molar-refractivity contribution < 1.29 is 13.9 Å². The third kappa shape index (κ3) is 3.98. The molecule has 1 amide bonds. The number of amides is 1. The molecule has 4 nitrogen and oxygen atoms in total. The third-order valence-corrected chi connectivity index (χ3v) is 3.87. The van der Waals surface area contributed by atoms with E-state index < -0.39 is 0 Å². The van der Waals surface area contributed by atoms with Gasteiger partial charge in [-0.3, -0.25) is 4.79 Å². The van der Waals surface area contributed by atoms with Crippen molar-refractivity contribution in [2.75, 3.05) is 13.2 Å². The van der Waals surface area contributed by atoms with Gasteiger partial charge in [-0.1, -0.05) is 30.3 Å². The standard InChI is InChI=1S/C18H21NO3/c20-18(19-13-16-7-4-12-21-16)11-9-15-8-10-17(22-15)14-5-2-1-3-6-14/h1-3,5-6,8,10,16H,4,7,9,11-13H2,(H,19,20)/t16-/m1/s1. The number of hydrogen-bond acceptors (Lipinski definition) is 3. The first-order valence-corrected chi connectivity index (χ1v) is 7.84. The lowest BCUT2D eigenvalue weighted by Gasteiger charge is -2.10. The lowest BCUT2D eigenvalue weighted by molar-refractivity contribution is -0.121. The Morgan fingerprint density at radius 2 is 2.05 bits per heavy atom. The van der Waals surface area contributed by atoms with Gasteiger partial charge in [0.2, 0.25) is 5.91 Å². The van der Waals surface area contributed by atoms with E-state index in [9.17, 15) is 4.79 Å². The Kier molecular flexibility index (Phi) is 4.91. The maximum Gasteiger partial charge on any atom is 0.220 e. The van der Waals surface area contributed by atoms with Gasteiger partial charge < -0.3 is 14.5 Å². The van der Waals surface area contributed by atoms with E-state index in [4.69, 9.17) is 9.15 Å². The number of aryl methyl sites for hydroxylation is 1. The van der Waals surface area contributed by atoms with Crippen molar-refractivity contribution in [3.63, 3.8) is 0 Å². The Morgan fingerprint density at radius 1 is 1.18 bits per heavy atom. The first-order valence-electron chi connectivity index (χ1n) is 7.84. The van der Waals surface area contributed by atoms with Gasteiger partial charge in [-0.2, -0.15) is 0 Å². The van der Waals surface area contributed by atoms with Crippen LogP contribution in [0, 0.1) is 0 Å². The van der Waals surface area contributed by atoms with Gasteiger partial charge in [0, 0.05) is 31.6 Å². The Balaban J connectivity index is 1.45. The van der Waals surface area contributed by atoms with E-state index in [1.807, 2.05) is 42.5 Å². The highest BCUT2D eigenvalue weighted by molar-refractivity contribution is 5.76. The SMILES string of the molecule is O=C(CCc1ccc(-c2ccccc2)o1)NC[C@H]1CCCO1. The molecule has 0 spiro atoms. The summed E-state index contributed by atoms with van der Waals surface area (Å²) in [4.78, 5) is 11.8. The summed E-state index contributed by atoms with van der Waals surface area (Å²) in [7, 11) is 0. The molecule has 1 fully saturated rings. The number of carbonyl (C=O) groups is 1. The molecule has 0 radical (unpaired) electrons. The van der Waals surface area contributed by atoms with E-state index in [0.717, 1.165) is 36.5 Å². The van der Waals surface area contributed by atoms with Crippen LogP contribution in [0.4, 0.5) is 0 Å². The molecule has 116 valence electrons. The van der Waals surface area contributed by atoms with E-state index in [0.29, 0.717) is 19.4 Å². The summed E-state index contributed by atoms with van der Waals surface area (Å²) in [6.45, 7) is 1.43. The normalized spacial score (nSPS) is 17.5. The Labute approximate surface area is 130 Å². The fourth-order valence-electron chi connectivity index (χ4n) is 2.63. The lowest BCUT2D eigenvalue weighted by atomic mass is 10.2. The third-order valence-electron chi connectivity index (χ3n) is 3.87. The van der Waals surface area contributed by atoms with Crippen molar-refractivity contribution in [1.29, 1.82) is 0 Å². The molecule has 3 rings (SSSR count). The molecule has 4 heteroatoms. The number of hydrogen-bond donors (Lipinski definition) is 1. The molecule has 22 heavy (non-hydrogen) atoms. The molecular weight excluding hydrogens is 278 g/mol.